The third kappa shape index (κ3) is 4.83. The van der Waals surface area contributed by atoms with Crippen LogP contribution in [0.25, 0.3) is 0 Å². The van der Waals surface area contributed by atoms with E-state index in [1.807, 2.05) is 0 Å². The molecule has 2 N–H and O–H groups in total. The molecule has 0 spiro atoms. The van der Waals surface area contributed by atoms with Crippen LogP contribution in [0.2, 0.25) is 0 Å². The van der Waals surface area contributed by atoms with Gasteiger partial charge in [0.15, 0.2) is 5.78 Å². The maximum absolute atomic E-state index is 12.7. The van der Waals surface area contributed by atoms with Crippen LogP contribution in [0.3, 0.4) is 0 Å². The zero-order chi connectivity index (χ0) is 21.7. The van der Waals surface area contributed by atoms with Crippen molar-refractivity contribution < 1.29 is 23.9 Å². The third-order valence-corrected chi connectivity index (χ3v) is 4.91. The molecule has 0 bridgehead atoms. The largest absolute Gasteiger partial charge is 0.465 e. The number of likely N-dealkylation sites (tertiary alicyclic amines) is 1. The number of ether oxygens (including phenoxy) is 1. The van der Waals surface area contributed by atoms with Gasteiger partial charge in [0.05, 0.1) is 12.7 Å². The maximum atomic E-state index is 12.7. The molecule has 1 heterocycles. The Balaban J connectivity index is 1.65. The SMILES string of the molecule is COC(=O)c1ccc(NC(=O)[C@@H]2CCCN2C(=O)Nc2cccc(C(C)=O)c2)cc1. The van der Waals surface area contributed by atoms with Gasteiger partial charge in [-0.3, -0.25) is 9.59 Å². The van der Waals surface area contributed by atoms with E-state index < -0.39 is 18.0 Å². The van der Waals surface area contributed by atoms with Crippen LogP contribution in [0.4, 0.5) is 16.2 Å². The Morgan fingerprint density at radius 1 is 0.967 bits per heavy atom. The van der Waals surface area contributed by atoms with Crippen molar-refractivity contribution in [2.75, 3.05) is 24.3 Å². The van der Waals surface area contributed by atoms with E-state index >= 15 is 0 Å². The number of carbonyl (C=O) groups excluding carboxylic acids is 4. The van der Waals surface area contributed by atoms with Crippen LogP contribution < -0.4 is 10.6 Å². The average molecular weight is 409 g/mol. The van der Waals surface area contributed by atoms with E-state index in [1.54, 1.807) is 48.5 Å². The molecule has 1 fully saturated rings. The molecule has 8 heteroatoms. The molecule has 2 aromatic rings. The first-order valence-electron chi connectivity index (χ1n) is 9.57. The summed E-state index contributed by atoms with van der Waals surface area (Å²) >= 11 is 0. The minimum atomic E-state index is -0.610. The molecule has 0 saturated carbocycles. The highest BCUT2D eigenvalue weighted by molar-refractivity contribution is 6.01. The Labute approximate surface area is 174 Å². The van der Waals surface area contributed by atoms with Gasteiger partial charge in [0, 0.05) is 23.5 Å². The summed E-state index contributed by atoms with van der Waals surface area (Å²) < 4.78 is 4.65. The third-order valence-electron chi connectivity index (χ3n) is 4.91. The molecule has 0 unspecified atom stereocenters. The summed E-state index contributed by atoms with van der Waals surface area (Å²) in [5, 5.41) is 5.54. The molecule has 1 aliphatic rings. The Bertz CT molecular complexity index is 971. The number of methoxy groups -OCH3 is 1. The number of hydrogen-bond acceptors (Lipinski definition) is 5. The van der Waals surface area contributed by atoms with E-state index in [1.165, 1.54) is 18.9 Å². The summed E-state index contributed by atoms with van der Waals surface area (Å²) in [6.07, 6.45) is 1.26. The second-order valence-corrected chi connectivity index (χ2v) is 6.98. The quantitative estimate of drug-likeness (QED) is 0.582. The van der Waals surface area contributed by atoms with Crippen molar-refractivity contribution in [3.05, 3.63) is 59.7 Å². The number of esters is 1. The minimum Gasteiger partial charge on any atom is -0.465 e. The van der Waals surface area contributed by atoms with Crippen LogP contribution in [0.5, 0.6) is 0 Å². The first-order valence-corrected chi connectivity index (χ1v) is 9.57. The van der Waals surface area contributed by atoms with E-state index in [0.29, 0.717) is 41.9 Å². The van der Waals surface area contributed by atoms with Crippen LogP contribution in [0.1, 0.15) is 40.5 Å². The second kappa shape index (κ2) is 9.21. The number of urea groups is 1. The molecule has 1 atom stereocenters. The highest BCUT2D eigenvalue weighted by Crippen LogP contribution is 2.21. The Morgan fingerprint density at radius 3 is 2.37 bits per heavy atom. The fraction of sp³-hybridized carbons (Fsp3) is 0.273. The van der Waals surface area contributed by atoms with Gasteiger partial charge in [0.1, 0.15) is 6.04 Å². The normalized spacial score (nSPS) is 15.4. The van der Waals surface area contributed by atoms with Crippen molar-refractivity contribution in [2.24, 2.45) is 0 Å². The number of benzene rings is 2. The number of anilines is 2. The van der Waals surface area contributed by atoms with Crippen LogP contribution in [-0.2, 0) is 9.53 Å². The van der Waals surface area contributed by atoms with E-state index in [2.05, 4.69) is 15.4 Å². The number of hydrogen-bond donors (Lipinski definition) is 2. The number of carbonyl (C=O) groups is 4. The number of nitrogens with one attached hydrogen (secondary N) is 2. The molecule has 0 radical (unpaired) electrons. The predicted octanol–water partition coefficient (Wildman–Crippen LogP) is 3.31. The highest BCUT2D eigenvalue weighted by atomic mass is 16.5. The molecule has 2 aromatic carbocycles. The summed E-state index contributed by atoms with van der Waals surface area (Å²) in [6.45, 7) is 1.91. The smallest absolute Gasteiger partial charge is 0.337 e. The summed E-state index contributed by atoms with van der Waals surface area (Å²) in [5.74, 6) is -0.853. The molecular formula is C22H23N3O5. The lowest BCUT2D eigenvalue weighted by Crippen LogP contribution is -2.45. The topological polar surface area (TPSA) is 105 Å². The first kappa shape index (κ1) is 21.0. The molecule has 3 rings (SSSR count). The molecular weight excluding hydrogens is 386 g/mol. The standard InChI is InChI=1S/C22H23N3O5/c1-14(26)16-5-3-6-18(13-16)24-22(29)25-12-4-7-19(25)20(27)23-17-10-8-15(9-11-17)21(28)30-2/h3,5-6,8-11,13,19H,4,7,12H2,1-2H3,(H,23,27)(H,24,29)/t19-/m0/s1. The van der Waals surface area contributed by atoms with Crippen LogP contribution in [0.15, 0.2) is 48.5 Å². The minimum absolute atomic E-state index is 0.0947. The zero-order valence-corrected chi connectivity index (χ0v) is 16.8. The predicted molar refractivity (Wildman–Crippen MR) is 112 cm³/mol. The lowest BCUT2D eigenvalue weighted by Gasteiger charge is -2.24. The van der Waals surface area contributed by atoms with Gasteiger partial charge < -0.3 is 20.3 Å². The zero-order valence-electron chi connectivity index (χ0n) is 16.8. The van der Waals surface area contributed by atoms with Crippen molar-refractivity contribution in [1.29, 1.82) is 0 Å². The van der Waals surface area contributed by atoms with Gasteiger partial charge in [-0.05, 0) is 56.2 Å². The fourth-order valence-corrected chi connectivity index (χ4v) is 3.33. The molecule has 0 aliphatic carbocycles. The van der Waals surface area contributed by atoms with Crippen molar-refractivity contribution in [1.82, 2.24) is 4.90 Å². The molecule has 1 aliphatic heterocycles. The number of ketones is 1. The van der Waals surface area contributed by atoms with Crippen LogP contribution in [-0.4, -0.2) is 48.3 Å². The van der Waals surface area contributed by atoms with Crippen molar-refractivity contribution >= 4 is 35.1 Å². The van der Waals surface area contributed by atoms with E-state index in [9.17, 15) is 19.2 Å². The molecule has 0 aromatic heterocycles. The highest BCUT2D eigenvalue weighted by Gasteiger charge is 2.34. The fourth-order valence-electron chi connectivity index (χ4n) is 3.33. The monoisotopic (exact) mass is 409 g/mol. The number of amides is 3. The van der Waals surface area contributed by atoms with Gasteiger partial charge >= 0.3 is 12.0 Å². The average Bonchev–Trinajstić information content (AvgIpc) is 3.24. The van der Waals surface area contributed by atoms with Gasteiger partial charge in [0.2, 0.25) is 5.91 Å². The van der Waals surface area contributed by atoms with E-state index in [0.717, 1.165) is 0 Å². The Kier molecular flexibility index (Phi) is 6.46. The summed E-state index contributed by atoms with van der Waals surface area (Å²) in [5.41, 5.74) is 1.90. The lowest BCUT2D eigenvalue weighted by atomic mass is 10.1. The van der Waals surface area contributed by atoms with Crippen LogP contribution in [0, 0.1) is 0 Å². The van der Waals surface area contributed by atoms with Crippen molar-refractivity contribution in [3.8, 4) is 0 Å². The van der Waals surface area contributed by atoms with Gasteiger partial charge in [-0.1, -0.05) is 12.1 Å². The Hall–Kier alpha value is -3.68. The lowest BCUT2D eigenvalue weighted by molar-refractivity contribution is -0.119. The molecule has 3 amide bonds. The van der Waals surface area contributed by atoms with Gasteiger partial charge in [-0.25, -0.2) is 9.59 Å². The Morgan fingerprint density at radius 2 is 1.70 bits per heavy atom. The van der Waals surface area contributed by atoms with Gasteiger partial charge in [-0.15, -0.1) is 0 Å². The summed E-state index contributed by atoms with van der Waals surface area (Å²) in [7, 11) is 1.30. The molecule has 1 saturated heterocycles. The molecule has 30 heavy (non-hydrogen) atoms. The van der Waals surface area contributed by atoms with Gasteiger partial charge in [-0.2, -0.15) is 0 Å². The summed E-state index contributed by atoms with van der Waals surface area (Å²) in [6, 6.07) is 12.0. The molecule has 156 valence electrons. The van der Waals surface area contributed by atoms with Crippen molar-refractivity contribution in [2.45, 2.75) is 25.8 Å². The second-order valence-electron chi connectivity index (χ2n) is 6.98. The number of nitrogens with zero attached hydrogens (tertiary/aromatic N) is 1. The first-order chi connectivity index (χ1) is 14.4. The number of Topliss-reactive ketones (excluding diaryl/α,β-unsaturated/α-hetero) is 1. The molecule has 8 nitrogen and oxygen atoms in total. The number of rotatable bonds is 5. The van der Waals surface area contributed by atoms with Gasteiger partial charge in [0.25, 0.3) is 0 Å². The summed E-state index contributed by atoms with van der Waals surface area (Å²) in [4.78, 5) is 50.0. The van der Waals surface area contributed by atoms with Crippen LogP contribution >= 0.6 is 0 Å². The van der Waals surface area contributed by atoms with Crippen molar-refractivity contribution in [3.63, 3.8) is 0 Å². The van der Waals surface area contributed by atoms with E-state index in [-0.39, 0.29) is 11.7 Å². The van der Waals surface area contributed by atoms with E-state index in [4.69, 9.17) is 0 Å². The maximum Gasteiger partial charge on any atom is 0.337 e.